The maximum atomic E-state index is 11.4. The Hall–Kier alpha value is -1.89. The predicted octanol–water partition coefficient (Wildman–Crippen LogP) is 1.37. The highest BCUT2D eigenvalue weighted by Crippen LogP contribution is 2.29. The first kappa shape index (κ1) is 17.0. The van der Waals surface area contributed by atoms with Gasteiger partial charge in [-0.15, -0.1) is 0 Å². The van der Waals surface area contributed by atoms with Gasteiger partial charge in [-0.1, -0.05) is 6.92 Å². The SMILES string of the molecule is CC1CC(C(=O)O)CN(c2cc(N3CCCCC3CO)ncn2)C1. The highest BCUT2D eigenvalue weighted by molar-refractivity contribution is 5.71. The molecule has 132 valence electrons. The molecule has 2 N–H and O–H groups in total. The fourth-order valence-corrected chi connectivity index (χ4v) is 3.88. The van der Waals surface area contributed by atoms with E-state index in [2.05, 4.69) is 26.7 Å². The van der Waals surface area contributed by atoms with Crippen LogP contribution in [0.3, 0.4) is 0 Å². The number of rotatable bonds is 4. The van der Waals surface area contributed by atoms with Gasteiger partial charge in [0, 0.05) is 25.7 Å². The van der Waals surface area contributed by atoms with Crippen LogP contribution in [-0.2, 0) is 4.79 Å². The molecule has 0 saturated carbocycles. The van der Waals surface area contributed by atoms with Gasteiger partial charge in [0.25, 0.3) is 0 Å². The van der Waals surface area contributed by atoms with Crippen LogP contribution in [0.5, 0.6) is 0 Å². The summed E-state index contributed by atoms with van der Waals surface area (Å²) in [6, 6.07) is 2.04. The van der Waals surface area contributed by atoms with Gasteiger partial charge < -0.3 is 20.0 Å². The number of aliphatic hydroxyl groups excluding tert-OH is 1. The van der Waals surface area contributed by atoms with Crippen molar-refractivity contribution in [2.75, 3.05) is 36.0 Å². The molecule has 7 heteroatoms. The molecule has 3 heterocycles. The maximum Gasteiger partial charge on any atom is 0.308 e. The third-order valence-electron chi connectivity index (χ3n) is 5.10. The molecule has 7 nitrogen and oxygen atoms in total. The second kappa shape index (κ2) is 7.34. The Bertz CT molecular complexity index is 583. The summed E-state index contributed by atoms with van der Waals surface area (Å²) in [5, 5.41) is 19.0. The molecule has 0 amide bonds. The molecule has 0 bridgehead atoms. The first-order valence-electron chi connectivity index (χ1n) is 8.75. The Morgan fingerprint density at radius 2 is 2.08 bits per heavy atom. The van der Waals surface area contributed by atoms with Crippen LogP contribution in [0.2, 0.25) is 0 Å². The lowest BCUT2D eigenvalue weighted by Crippen LogP contribution is -2.44. The van der Waals surface area contributed by atoms with Gasteiger partial charge in [-0.3, -0.25) is 4.79 Å². The van der Waals surface area contributed by atoms with Gasteiger partial charge in [0.15, 0.2) is 0 Å². The number of carbonyl (C=O) groups is 1. The van der Waals surface area contributed by atoms with Gasteiger partial charge in [-0.25, -0.2) is 9.97 Å². The fraction of sp³-hybridized carbons (Fsp3) is 0.706. The number of anilines is 2. The molecule has 3 rings (SSSR count). The lowest BCUT2D eigenvalue weighted by Gasteiger charge is -2.37. The minimum Gasteiger partial charge on any atom is -0.481 e. The number of piperidine rings is 2. The zero-order valence-electron chi connectivity index (χ0n) is 14.1. The van der Waals surface area contributed by atoms with Crippen LogP contribution in [-0.4, -0.2) is 58.4 Å². The minimum absolute atomic E-state index is 0.105. The number of carboxylic acid groups (broad SMARTS) is 1. The Kier molecular flexibility index (Phi) is 5.18. The van der Waals surface area contributed by atoms with Crippen LogP contribution >= 0.6 is 0 Å². The summed E-state index contributed by atoms with van der Waals surface area (Å²) in [5.74, 6) is 0.826. The van der Waals surface area contributed by atoms with E-state index in [-0.39, 0.29) is 18.6 Å². The summed E-state index contributed by atoms with van der Waals surface area (Å²) in [4.78, 5) is 24.3. The first-order chi connectivity index (χ1) is 11.6. The van der Waals surface area contributed by atoms with Gasteiger partial charge in [0.2, 0.25) is 0 Å². The quantitative estimate of drug-likeness (QED) is 0.859. The zero-order valence-corrected chi connectivity index (χ0v) is 14.1. The van der Waals surface area contributed by atoms with Crippen LogP contribution < -0.4 is 9.80 Å². The number of aliphatic hydroxyl groups is 1. The molecule has 0 aromatic carbocycles. The Morgan fingerprint density at radius 1 is 1.29 bits per heavy atom. The lowest BCUT2D eigenvalue weighted by atomic mass is 9.90. The van der Waals surface area contributed by atoms with Crippen molar-refractivity contribution in [2.24, 2.45) is 11.8 Å². The summed E-state index contributed by atoms with van der Waals surface area (Å²) >= 11 is 0. The summed E-state index contributed by atoms with van der Waals surface area (Å²) < 4.78 is 0. The van der Waals surface area contributed by atoms with Crippen LogP contribution in [0.1, 0.15) is 32.6 Å². The minimum atomic E-state index is -0.739. The molecule has 3 atom stereocenters. The largest absolute Gasteiger partial charge is 0.481 e. The molecule has 24 heavy (non-hydrogen) atoms. The van der Waals surface area contributed by atoms with Crippen molar-refractivity contribution in [1.29, 1.82) is 0 Å². The number of nitrogens with zero attached hydrogens (tertiary/aromatic N) is 4. The van der Waals surface area contributed by atoms with E-state index in [1.165, 1.54) is 0 Å². The number of aromatic nitrogens is 2. The van der Waals surface area contributed by atoms with E-state index in [1.54, 1.807) is 6.33 Å². The second-order valence-corrected chi connectivity index (χ2v) is 7.04. The van der Waals surface area contributed by atoms with Crippen LogP contribution in [0.15, 0.2) is 12.4 Å². The third kappa shape index (κ3) is 3.61. The molecule has 2 aliphatic heterocycles. The summed E-state index contributed by atoms with van der Waals surface area (Å²) in [7, 11) is 0. The number of hydrogen-bond donors (Lipinski definition) is 2. The lowest BCUT2D eigenvalue weighted by molar-refractivity contribution is -0.142. The Balaban J connectivity index is 1.80. The van der Waals surface area contributed by atoms with Crippen LogP contribution in [0.4, 0.5) is 11.6 Å². The first-order valence-corrected chi connectivity index (χ1v) is 8.75. The van der Waals surface area contributed by atoms with Gasteiger partial charge in [-0.05, 0) is 31.6 Å². The summed E-state index contributed by atoms with van der Waals surface area (Å²) in [5.41, 5.74) is 0. The van der Waals surface area contributed by atoms with Gasteiger partial charge in [0.1, 0.15) is 18.0 Å². The van der Waals surface area contributed by atoms with E-state index in [0.29, 0.717) is 18.9 Å². The van der Waals surface area contributed by atoms with E-state index in [9.17, 15) is 15.0 Å². The Labute approximate surface area is 142 Å². The van der Waals surface area contributed by atoms with Gasteiger partial charge >= 0.3 is 5.97 Å². The molecule has 2 saturated heterocycles. The molecule has 1 aromatic rings. The average molecular weight is 334 g/mol. The smallest absolute Gasteiger partial charge is 0.308 e. The molecule has 2 aliphatic rings. The average Bonchev–Trinajstić information content (AvgIpc) is 2.61. The molecule has 1 aromatic heterocycles. The van der Waals surface area contributed by atoms with Crippen molar-refractivity contribution < 1.29 is 15.0 Å². The van der Waals surface area contributed by atoms with Crippen molar-refractivity contribution >= 4 is 17.6 Å². The Morgan fingerprint density at radius 3 is 2.83 bits per heavy atom. The molecular formula is C17H26N4O3. The number of carboxylic acids is 1. The van der Waals surface area contributed by atoms with Crippen molar-refractivity contribution in [3.63, 3.8) is 0 Å². The van der Waals surface area contributed by atoms with E-state index in [0.717, 1.165) is 44.0 Å². The van der Waals surface area contributed by atoms with Crippen molar-refractivity contribution in [1.82, 2.24) is 9.97 Å². The van der Waals surface area contributed by atoms with E-state index in [1.807, 2.05) is 6.07 Å². The maximum absolute atomic E-state index is 11.4. The second-order valence-electron chi connectivity index (χ2n) is 7.04. The topological polar surface area (TPSA) is 89.8 Å². The van der Waals surface area contributed by atoms with Gasteiger partial charge in [-0.2, -0.15) is 0 Å². The molecule has 0 radical (unpaired) electrons. The summed E-state index contributed by atoms with van der Waals surface area (Å²) in [6.07, 6.45) is 5.45. The van der Waals surface area contributed by atoms with E-state index in [4.69, 9.17) is 0 Å². The molecule has 2 fully saturated rings. The predicted molar refractivity (Wildman–Crippen MR) is 91.2 cm³/mol. The molecule has 0 aliphatic carbocycles. The highest BCUT2D eigenvalue weighted by Gasteiger charge is 2.31. The normalized spacial score (nSPS) is 28.0. The van der Waals surface area contributed by atoms with Crippen molar-refractivity contribution in [3.05, 3.63) is 12.4 Å². The van der Waals surface area contributed by atoms with Crippen molar-refractivity contribution in [2.45, 2.75) is 38.6 Å². The zero-order chi connectivity index (χ0) is 17.1. The van der Waals surface area contributed by atoms with Crippen LogP contribution in [0, 0.1) is 11.8 Å². The number of aliphatic carboxylic acids is 1. The van der Waals surface area contributed by atoms with Gasteiger partial charge in [0.05, 0.1) is 18.6 Å². The fourth-order valence-electron chi connectivity index (χ4n) is 3.88. The highest BCUT2D eigenvalue weighted by atomic mass is 16.4. The standard InChI is InChI=1S/C17H26N4O3/c1-12-6-13(17(23)24)9-20(8-12)15-7-16(19-11-18-15)21-5-3-2-4-14(21)10-22/h7,11-14,22H,2-6,8-10H2,1H3,(H,23,24). The third-order valence-corrected chi connectivity index (χ3v) is 5.10. The van der Waals surface area contributed by atoms with Crippen molar-refractivity contribution in [3.8, 4) is 0 Å². The van der Waals surface area contributed by atoms with Crippen LogP contribution in [0.25, 0.3) is 0 Å². The van der Waals surface area contributed by atoms with E-state index < -0.39 is 5.97 Å². The molecule has 0 spiro atoms. The van der Waals surface area contributed by atoms with E-state index >= 15 is 0 Å². The summed E-state index contributed by atoms with van der Waals surface area (Å²) in [6.45, 7) is 4.39. The number of hydrogen-bond acceptors (Lipinski definition) is 6. The molecular weight excluding hydrogens is 308 g/mol. The molecule has 3 unspecified atom stereocenters. The monoisotopic (exact) mass is 334 g/mol.